The Bertz CT molecular complexity index is 3030. The molecule has 7 rings (SSSR count). The zero-order valence-electron chi connectivity index (χ0n) is 50.7. The van der Waals surface area contributed by atoms with Crippen LogP contribution in [0.1, 0.15) is 75.4 Å². The van der Waals surface area contributed by atoms with Crippen LogP contribution in [0.2, 0.25) is 0 Å². The molecule has 3 fully saturated rings. The Labute approximate surface area is 521 Å². The van der Waals surface area contributed by atoms with E-state index in [4.69, 9.17) is 19.9 Å². The lowest BCUT2D eigenvalue weighted by Gasteiger charge is -2.36. The normalized spacial score (nSPS) is 26.0. The molecule has 7 amide bonds. The molecular weight excluding hydrogens is 1170 g/mol. The van der Waals surface area contributed by atoms with Crippen molar-refractivity contribution in [1.29, 1.82) is 0 Å². The lowest BCUT2D eigenvalue weighted by Crippen LogP contribution is -2.68. The number of aliphatic hydroxyl groups is 7. The van der Waals surface area contributed by atoms with Gasteiger partial charge in [0, 0.05) is 44.1 Å². The maximum Gasteiger partial charge on any atom is 0.252 e. The van der Waals surface area contributed by atoms with Gasteiger partial charge in [-0.3, -0.25) is 38.9 Å². The monoisotopic (exact) mass is 1260 g/mol. The number of aromatic hydroxyl groups is 1. The lowest BCUT2D eigenvalue weighted by molar-refractivity contribution is -0.148. The molecule has 27 nitrogen and oxygen atoms in total. The average Bonchev–Trinajstić information content (AvgIpc) is 1.95. The second-order valence-electron chi connectivity index (χ2n) is 22.9. The van der Waals surface area contributed by atoms with Crippen LogP contribution in [0, 0.1) is 5.92 Å². The quantitative estimate of drug-likeness (QED) is 0.0367. The summed E-state index contributed by atoms with van der Waals surface area (Å²) in [4.78, 5) is 104. The Balaban J connectivity index is 1.24. The van der Waals surface area contributed by atoms with Crippen LogP contribution in [0.4, 0.5) is 0 Å². The van der Waals surface area contributed by atoms with Crippen molar-refractivity contribution >= 4 is 41.4 Å². The van der Waals surface area contributed by atoms with E-state index in [0.29, 0.717) is 12.2 Å². The SMILES string of the molecule is CCCCCOc1ccc(-c2ccc(-c3ccc(C(=O)N[C@@H]4C(=O)NC([C@@H](C)O)C(=O)N5C[C@H](O)CC5C(=O)NC([C@H](O)[C@@H](O)c5ccc(O)cc5)C(=O)NC([C@@H](C)O)C(=O)N5C[C@H](C)[C@H](O)C5C(=O)NC(NCCOCCOCCN)[C@@H]4O)cc3)cc2)cc1. The largest absolute Gasteiger partial charge is 0.508 e. The molecule has 3 aliphatic heterocycles. The van der Waals surface area contributed by atoms with E-state index in [-0.39, 0.29) is 62.9 Å². The van der Waals surface area contributed by atoms with Crippen molar-refractivity contribution in [3.8, 4) is 33.8 Å². The molecule has 6 unspecified atom stereocenters. The van der Waals surface area contributed by atoms with Crippen molar-refractivity contribution in [2.24, 2.45) is 11.7 Å². The van der Waals surface area contributed by atoms with Crippen molar-refractivity contribution in [3.63, 3.8) is 0 Å². The van der Waals surface area contributed by atoms with Gasteiger partial charge in [-0.25, -0.2) is 0 Å². The van der Waals surface area contributed by atoms with E-state index < -0.39 is 145 Å². The molecule has 0 radical (unpaired) electrons. The minimum Gasteiger partial charge on any atom is -0.508 e. The lowest BCUT2D eigenvalue weighted by atomic mass is 9.96. The summed E-state index contributed by atoms with van der Waals surface area (Å²) in [6.07, 6.45) is -12.5. The number of fused-ring (bicyclic) bond motifs is 2. The van der Waals surface area contributed by atoms with Gasteiger partial charge in [0.05, 0.1) is 57.5 Å². The van der Waals surface area contributed by atoms with Crippen molar-refractivity contribution in [3.05, 3.63) is 108 Å². The number of phenols is 1. The van der Waals surface area contributed by atoms with E-state index in [1.54, 1.807) is 12.1 Å². The fourth-order valence-corrected chi connectivity index (χ4v) is 10.9. The highest BCUT2D eigenvalue weighted by molar-refractivity contribution is 6.01. The molecule has 0 saturated carbocycles. The molecule has 4 aromatic carbocycles. The van der Waals surface area contributed by atoms with E-state index in [0.717, 1.165) is 77.5 Å². The smallest absolute Gasteiger partial charge is 0.252 e. The Morgan fingerprint density at radius 3 is 1.76 bits per heavy atom. The minimum absolute atomic E-state index is 0.0309. The molecule has 0 spiro atoms. The molecule has 15 atom stereocenters. The maximum atomic E-state index is 15.0. The van der Waals surface area contributed by atoms with Gasteiger partial charge in [-0.2, -0.15) is 0 Å². The van der Waals surface area contributed by atoms with Crippen molar-refractivity contribution < 1.29 is 88.6 Å². The van der Waals surface area contributed by atoms with Crippen LogP contribution in [0.15, 0.2) is 97.1 Å². The van der Waals surface area contributed by atoms with Crippen molar-refractivity contribution in [1.82, 2.24) is 41.7 Å². The summed E-state index contributed by atoms with van der Waals surface area (Å²) in [5.41, 5.74) is 8.81. The first-order valence-electron chi connectivity index (χ1n) is 30.2. The number of ether oxygens (including phenoxy) is 3. The van der Waals surface area contributed by atoms with Gasteiger partial charge < -0.3 is 97.2 Å². The molecule has 16 N–H and O–H groups in total. The van der Waals surface area contributed by atoms with Gasteiger partial charge >= 0.3 is 0 Å². The standard InChI is InChI=1S/C63H85N9O18/c1-5-6-7-26-90-45-22-18-40(19-23-45)38-10-8-37(9-11-38)39-12-14-42(15-13-39)57(81)68-50-55(80)56(65-25-28-89-30-29-88-27-24-64)70-61(85)51-52(77)34(2)32-72(51)63(87)48(36(4)74)67-59(83)49(54(79)53(78)41-16-20-43(75)21-17-41)69-58(82)46-31-44(76)33-71(46)62(86)47(35(3)73)66-60(50)84/h8-23,34-36,44,46-56,65,73-80H,5-7,24-33,64H2,1-4H3,(H,66,84)(H,67,83)(H,68,81)(H,69,82)(H,70,85)/t34-,35+,36+,44+,46?,47?,48?,49?,50-,51?,52-,53-,54-,55+,56?/m0/s1. The zero-order valence-corrected chi connectivity index (χ0v) is 50.7. The Morgan fingerprint density at radius 1 is 0.633 bits per heavy atom. The summed E-state index contributed by atoms with van der Waals surface area (Å²) in [5, 5.41) is 106. The Morgan fingerprint density at radius 2 is 1.18 bits per heavy atom. The summed E-state index contributed by atoms with van der Waals surface area (Å²) in [5.74, 6) is -8.76. The van der Waals surface area contributed by atoms with E-state index in [1.165, 1.54) is 31.2 Å². The third kappa shape index (κ3) is 17.8. The van der Waals surface area contributed by atoms with Gasteiger partial charge in [0.15, 0.2) is 0 Å². The molecular formula is C63H85N9O18. The third-order valence-electron chi connectivity index (χ3n) is 16.1. The highest BCUT2D eigenvalue weighted by Gasteiger charge is 2.51. The fourth-order valence-electron chi connectivity index (χ4n) is 10.9. The zero-order chi connectivity index (χ0) is 65.3. The van der Waals surface area contributed by atoms with Crippen LogP contribution in [-0.4, -0.2) is 230 Å². The van der Waals surface area contributed by atoms with Crippen LogP contribution in [0.5, 0.6) is 11.5 Å². The van der Waals surface area contributed by atoms with Crippen LogP contribution in [0.25, 0.3) is 22.3 Å². The van der Waals surface area contributed by atoms with Crippen LogP contribution < -0.4 is 42.4 Å². The third-order valence-corrected chi connectivity index (χ3v) is 16.1. The fraction of sp³-hybridized carbons (Fsp3) is 0.508. The average molecular weight is 1260 g/mol. The number of benzene rings is 4. The molecule has 90 heavy (non-hydrogen) atoms. The van der Waals surface area contributed by atoms with Crippen molar-refractivity contribution in [2.75, 3.05) is 59.2 Å². The molecule has 3 saturated heterocycles. The molecule has 4 aromatic rings. The van der Waals surface area contributed by atoms with Gasteiger partial charge in [0.25, 0.3) is 5.91 Å². The van der Waals surface area contributed by atoms with Gasteiger partial charge in [-0.15, -0.1) is 0 Å². The summed E-state index contributed by atoms with van der Waals surface area (Å²) in [7, 11) is 0. The number of aliphatic hydroxyl groups excluding tert-OH is 7. The number of nitrogens with one attached hydrogen (secondary N) is 6. The molecule has 0 bridgehead atoms. The summed E-state index contributed by atoms with van der Waals surface area (Å²) in [6.45, 7) is 5.92. The molecule has 3 aliphatic rings. The van der Waals surface area contributed by atoms with Crippen LogP contribution >= 0.6 is 0 Å². The number of nitrogens with zero attached hydrogens (tertiary/aromatic N) is 2. The van der Waals surface area contributed by atoms with E-state index >= 15 is 0 Å². The predicted molar refractivity (Wildman–Crippen MR) is 325 cm³/mol. The molecule has 3 heterocycles. The van der Waals surface area contributed by atoms with E-state index in [2.05, 4.69) is 38.8 Å². The number of nitrogens with two attached hydrogens (primary N) is 1. The minimum atomic E-state index is -2.29. The molecule has 0 aliphatic carbocycles. The van der Waals surface area contributed by atoms with E-state index in [9.17, 15) is 74.4 Å². The number of hydrogen-bond donors (Lipinski definition) is 15. The number of amides is 7. The topological polar surface area (TPSA) is 414 Å². The van der Waals surface area contributed by atoms with Gasteiger partial charge in [-0.05, 0) is 84.5 Å². The number of phenolic OH excluding ortho intramolecular Hbond substituents is 1. The first-order chi connectivity index (χ1) is 43.0. The van der Waals surface area contributed by atoms with Crippen molar-refractivity contribution in [2.45, 2.75) is 139 Å². The van der Waals surface area contributed by atoms with Gasteiger partial charge in [0.1, 0.15) is 72.2 Å². The maximum absolute atomic E-state index is 15.0. The van der Waals surface area contributed by atoms with Gasteiger partial charge in [-0.1, -0.05) is 87.4 Å². The first kappa shape index (κ1) is 69.8. The Hall–Kier alpha value is -7.67. The Kier molecular flexibility index (Phi) is 25.5. The summed E-state index contributed by atoms with van der Waals surface area (Å²) in [6, 6.07) is 14.4. The number of unbranched alkanes of at least 4 members (excludes halogenated alkanes) is 2. The predicted octanol–water partition coefficient (Wildman–Crippen LogP) is -1.73. The highest BCUT2D eigenvalue weighted by atomic mass is 16.5. The number of hydrogen-bond acceptors (Lipinski definition) is 20. The van der Waals surface area contributed by atoms with Crippen LogP contribution in [-0.2, 0) is 38.2 Å². The second-order valence-corrected chi connectivity index (χ2v) is 22.9. The van der Waals surface area contributed by atoms with Crippen LogP contribution in [0.3, 0.4) is 0 Å². The number of carbonyl (C=O) groups is 7. The first-order valence-corrected chi connectivity index (χ1v) is 30.2. The van der Waals surface area contributed by atoms with Gasteiger partial charge in [0.2, 0.25) is 35.4 Å². The summed E-state index contributed by atoms with van der Waals surface area (Å²) >= 11 is 0. The molecule has 490 valence electrons. The van der Waals surface area contributed by atoms with E-state index in [1.807, 2.05) is 48.5 Å². The second kappa shape index (κ2) is 32.9. The summed E-state index contributed by atoms with van der Waals surface area (Å²) < 4.78 is 16.9. The number of carbonyl (C=O) groups excluding carboxylic acids is 7. The molecule has 0 aromatic heterocycles. The molecule has 27 heteroatoms. The highest BCUT2D eigenvalue weighted by Crippen LogP contribution is 2.30. The number of rotatable bonds is 23.